The maximum Gasteiger partial charge on any atom is 0.247 e. The summed E-state index contributed by atoms with van der Waals surface area (Å²) in [6.45, 7) is 2.27. The van der Waals surface area contributed by atoms with E-state index in [-0.39, 0.29) is 11.9 Å². The van der Waals surface area contributed by atoms with Gasteiger partial charge in [-0.15, -0.1) is 0 Å². The quantitative estimate of drug-likeness (QED) is 0.819. The second-order valence-electron chi connectivity index (χ2n) is 5.58. The van der Waals surface area contributed by atoms with Crippen LogP contribution in [0.3, 0.4) is 0 Å². The lowest BCUT2D eigenvalue weighted by molar-refractivity contribution is -0.117. The van der Waals surface area contributed by atoms with Gasteiger partial charge in [-0.05, 0) is 56.9 Å². The summed E-state index contributed by atoms with van der Waals surface area (Å²) in [5.74, 6) is 0.730. The zero-order chi connectivity index (χ0) is 16.8. The minimum atomic E-state index is -0.0987. The van der Waals surface area contributed by atoms with Gasteiger partial charge >= 0.3 is 0 Å². The number of halogens is 1. The Morgan fingerprint density at radius 2 is 2.00 bits per heavy atom. The maximum absolute atomic E-state index is 12.3. The zero-order valence-electron chi connectivity index (χ0n) is 13.5. The van der Waals surface area contributed by atoms with Gasteiger partial charge in [0.15, 0.2) is 0 Å². The number of rotatable bonds is 6. The predicted molar refractivity (Wildman–Crippen MR) is 93.2 cm³/mol. The number of carbonyl (C=O) groups is 1. The Morgan fingerprint density at radius 3 is 2.57 bits per heavy atom. The predicted octanol–water partition coefficient (Wildman–Crippen LogP) is 3.76. The van der Waals surface area contributed by atoms with Gasteiger partial charge in [0.05, 0.1) is 12.3 Å². The van der Waals surface area contributed by atoms with Crippen molar-refractivity contribution in [3.05, 3.63) is 64.6 Å². The summed E-state index contributed by atoms with van der Waals surface area (Å²) in [6.07, 6.45) is 3.47. The molecule has 1 amide bonds. The van der Waals surface area contributed by atoms with Crippen LogP contribution in [0.2, 0.25) is 5.02 Å². The van der Waals surface area contributed by atoms with Gasteiger partial charge in [0.2, 0.25) is 5.91 Å². The Labute approximate surface area is 141 Å². The van der Waals surface area contributed by atoms with Gasteiger partial charge in [0.25, 0.3) is 0 Å². The van der Waals surface area contributed by atoms with E-state index in [1.54, 1.807) is 25.3 Å². The van der Waals surface area contributed by atoms with Crippen molar-refractivity contribution in [1.82, 2.24) is 10.2 Å². The molecule has 0 saturated heterocycles. The van der Waals surface area contributed by atoms with Crippen molar-refractivity contribution in [2.24, 2.45) is 0 Å². The second kappa shape index (κ2) is 7.99. The van der Waals surface area contributed by atoms with E-state index in [4.69, 9.17) is 16.0 Å². The molecule has 0 radical (unpaired) electrons. The Kier molecular flexibility index (Phi) is 6.02. The molecule has 0 aliphatic rings. The second-order valence-corrected chi connectivity index (χ2v) is 6.02. The molecule has 0 spiro atoms. The highest BCUT2D eigenvalue weighted by Crippen LogP contribution is 2.18. The number of hydrogen-bond acceptors (Lipinski definition) is 3. The lowest BCUT2D eigenvalue weighted by Gasteiger charge is -2.22. The van der Waals surface area contributed by atoms with Crippen LogP contribution < -0.4 is 5.32 Å². The molecule has 1 atom stereocenters. The van der Waals surface area contributed by atoms with Crippen LogP contribution in [0.15, 0.2) is 52.7 Å². The summed E-state index contributed by atoms with van der Waals surface area (Å²) in [5, 5.41) is 3.63. The fraction of sp³-hybridized carbons (Fsp3) is 0.278. The van der Waals surface area contributed by atoms with Crippen molar-refractivity contribution in [1.29, 1.82) is 0 Å². The monoisotopic (exact) mass is 332 g/mol. The molecule has 122 valence electrons. The molecule has 1 aromatic carbocycles. The lowest BCUT2D eigenvalue weighted by Crippen LogP contribution is -2.34. The number of nitrogens with zero attached hydrogens (tertiary/aromatic N) is 1. The molecule has 1 N–H and O–H groups in total. The van der Waals surface area contributed by atoms with Crippen LogP contribution >= 0.6 is 11.6 Å². The van der Waals surface area contributed by atoms with Crippen molar-refractivity contribution >= 4 is 23.6 Å². The molecule has 1 unspecified atom stereocenters. The molecule has 0 aliphatic heterocycles. The molecule has 0 fully saturated rings. The van der Waals surface area contributed by atoms with Gasteiger partial charge in [-0.25, -0.2) is 0 Å². The fourth-order valence-electron chi connectivity index (χ4n) is 2.22. The van der Waals surface area contributed by atoms with Crippen LogP contribution in [0.1, 0.15) is 24.3 Å². The van der Waals surface area contributed by atoms with E-state index in [1.165, 1.54) is 0 Å². The summed E-state index contributed by atoms with van der Waals surface area (Å²) in [5.41, 5.74) is 1.58. The highest BCUT2D eigenvalue weighted by atomic mass is 35.5. The van der Waals surface area contributed by atoms with E-state index in [2.05, 4.69) is 5.32 Å². The standard InChI is InChI=1S/C18H21ClN2O2/c1-13(11-14-6-8-15(19)9-7-14)18(22)20-12-16(21(2)3)17-5-4-10-23-17/h4-11,16H,12H2,1-3H3,(H,20,22)/b13-11+. The summed E-state index contributed by atoms with van der Waals surface area (Å²) in [7, 11) is 3.91. The summed E-state index contributed by atoms with van der Waals surface area (Å²) in [4.78, 5) is 14.3. The van der Waals surface area contributed by atoms with E-state index in [0.29, 0.717) is 17.1 Å². The van der Waals surface area contributed by atoms with Crippen LogP contribution in [-0.4, -0.2) is 31.4 Å². The van der Waals surface area contributed by atoms with Crippen LogP contribution in [0.25, 0.3) is 6.08 Å². The van der Waals surface area contributed by atoms with Crippen molar-refractivity contribution in [2.45, 2.75) is 13.0 Å². The number of likely N-dealkylation sites (N-methyl/N-ethyl adjacent to an activating group) is 1. The minimum absolute atomic E-state index is 0.00252. The highest BCUT2D eigenvalue weighted by molar-refractivity contribution is 6.30. The molecule has 23 heavy (non-hydrogen) atoms. The molecular formula is C18H21ClN2O2. The molecule has 0 aliphatic carbocycles. The average molecular weight is 333 g/mol. The smallest absolute Gasteiger partial charge is 0.247 e. The fourth-order valence-corrected chi connectivity index (χ4v) is 2.35. The number of furan rings is 1. The van der Waals surface area contributed by atoms with Crippen LogP contribution in [0, 0.1) is 0 Å². The van der Waals surface area contributed by atoms with Crippen molar-refractivity contribution in [3.8, 4) is 0 Å². The lowest BCUT2D eigenvalue weighted by atomic mass is 10.1. The van der Waals surface area contributed by atoms with Gasteiger partial charge in [0.1, 0.15) is 5.76 Å². The third kappa shape index (κ3) is 4.98. The first kappa shape index (κ1) is 17.3. The topological polar surface area (TPSA) is 45.5 Å². The van der Waals surface area contributed by atoms with Gasteiger partial charge in [-0.3, -0.25) is 9.69 Å². The summed E-state index contributed by atoms with van der Waals surface area (Å²) >= 11 is 5.86. The van der Waals surface area contributed by atoms with Crippen molar-refractivity contribution in [3.63, 3.8) is 0 Å². The SMILES string of the molecule is C/C(=C\c1ccc(Cl)cc1)C(=O)NCC(c1ccco1)N(C)C. The average Bonchev–Trinajstić information content (AvgIpc) is 3.03. The summed E-state index contributed by atoms with van der Waals surface area (Å²) in [6, 6.07) is 11.1. The normalized spacial score (nSPS) is 13.2. The highest BCUT2D eigenvalue weighted by Gasteiger charge is 2.18. The van der Waals surface area contributed by atoms with E-state index >= 15 is 0 Å². The number of nitrogens with one attached hydrogen (secondary N) is 1. The largest absolute Gasteiger partial charge is 0.468 e. The third-order valence-corrected chi connectivity index (χ3v) is 3.81. The first-order chi connectivity index (χ1) is 11.0. The van der Waals surface area contributed by atoms with E-state index < -0.39 is 0 Å². The first-order valence-electron chi connectivity index (χ1n) is 7.39. The van der Waals surface area contributed by atoms with Crippen LogP contribution in [-0.2, 0) is 4.79 Å². The van der Waals surface area contributed by atoms with Crippen molar-refractivity contribution < 1.29 is 9.21 Å². The molecule has 0 saturated carbocycles. The Bertz CT molecular complexity index is 661. The first-order valence-corrected chi connectivity index (χ1v) is 7.77. The molecule has 2 rings (SSSR count). The molecule has 2 aromatic rings. The Balaban J connectivity index is 1.99. The van der Waals surface area contributed by atoms with Crippen LogP contribution in [0.5, 0.6) is 0 Å². The number of amides is 1. The molecular weight excluding hydrogens is 312 g/mol. The maximum atomic E-state index is 12.3. The molecule has 1 aromatic heterocycles. The van der Waals surface area contributed by atoms with Crippen LogP contribution in [0.4, 0.5) is 0 Å². The molecule has 0 bridgehead atoms. The van der Waals surface area contributed by atoms with Gasteiger partial charge < -0.3 is 9.73 Å². The van der Waals surface area contributed by atoms with E-state index in [1.807, 2.05) is 49.3 Å². The van der Waals surface area contributed by atoms with Crippen molar-refractivity contribution in [2.75, 3.05) is 20.6 Å². The van der Waals surface area contributed by atoms with E-state index in [0.717, 1.165) is 11.3 Å². The molecule has 5 heteroatoms. The van der Waals surface area contributed by atoms with Gasteiger partial charge in [-0.1, -0.05) is 23.7 Å². The zero-order valence-corrected chi connectivity index (χ0v) is 14.3. The minimum Gasteiger partial charge on any atom is -0.468 e. The molecule has 4 nitrogen and oxygen atoms in total. The summed E-state index contributed by atoms with van der Waals surface area (Å²) < 4.78 is 5.44. The van der Waals surface area contributed by atoms with Gasteiger partial charge in [0, 0.05) is 17.1 Å². The van der Waals surface area contributed by atoms with Gasteiger partial charge in [-0.2, -0.15) is 0 Å². The number of carbonyl (C=O) groups excluding carboxylic acids is 1. The number of hydrogen-bond donors (Lipinski definition) is 1. The third-order valence-electron chi connectivity index (χ3n) is 3.56. The number of benzene rings is 1. The van der Waals surface area contributed by atoms with E-state index in [9.17, 15) is 4.79 Å². The molecule has 1 heterocycles. The Hall–Kier alpha value is -2.04. The Morgan fingerprint density at radius 1 is 1.30 bits per heavy atom.